The van der Waals surface area contributed by atoms with E-state index in [1.807, 2.05) is 36.7 Å². The minimum atomic E-state index is -0.0412. The van der Waals surface area contributed by atoms with Crippen molar-refractivity contribution in [3.8, 4) is 0 Å². The summed E-state index contributed by atoms with van der Waals surface area (Å²) in [5.74, 6) is 1.38. The number of aryl methyl sites for hydroxylation is 2. The van der Waals surface area contributed by atoms with Gasteiger partial charge in [0.1, 0.15) is 12.2 Å². The lowest BCUT2D eigenvalue weighted by molar-refractivity contribution is -0.121. The predicted molar refractivity (Wildman–Crippen MR) is 96.0 cm³/mol. The summed E-state index contributed by atoms with van der Waals surface area (Å²) in [5, 5.41) is 8.58. The largest absolute Gasteiger partial charge is 0.358 e. The third-order valence-corrected chi connectivity index (χ3v) is 5.00. The molecule has 1 aromatic carbocycles. The van der Waals surface area contributed by atoms with E-state index in [4.69, 9.17) is 0 Å². The molecule has 1 saturated carbocycles. The van der Waals surface area contributed by atoms with E-state index in [0.29, 0.717) is 12.3 Å². The molecule has 6 heteroatoms. The first-order valence-electron chi connectivity index (χ1n) is 8.90. The summed E-state index contributed by atoms with van der Waals surface area (Å²) in [6.07, 6.45) is 4.21. The first kappa shape index (κ1) is 15.9. The second-order valence-corrected chi connectivity index (χ2v) is 6.77. The zero-order valence-corrected chi connectivity index (χ0v) is 14.6. The minimum Gasteiger partial charge on any atom is -0.358 e. The molecule has 1 amide bonds. The Bertz CT molecular complexity index is 906. The van der Waals surface area contributed by atoms with Crippen molar-refractivity contribution >= 4 is 16.8 Å². The molecule has 2 aromatic heterocycles. The summed E-state index contributed by atoms with van der Waals surface area (Å²) in [7, 11) is 0. The highest BCUT2D eigenvalue weighted by Crippen LogP contribution is 2.40. The number of para-hydroxylation sites is 1. The normalized spacial score (nSPS) is 15.4. The van der Waals surface area contributed by atoms with Gasteiger partial charge in [0.05, 0.1) is 12.5 Å². The van der Waals surface area contributed by atoms with Gasteiger partial charge in [-0.25, -0.2) is 9.67 Å². The molecule has 0 spiro atoms. The van der Waals surface area contributed by atoms with Crippen molar-refractivity contribution in [2.75, 3.05) is 0 Å². The summed E-state index contributed by atoms with van der Waals surface area (Å²) < 4.78 is 1.88. The number of fused-ring (bicyclic) bond motifs is 1. The number of rotatable bonds is 6. The lowest BCUT2D eigenvalue weighted by Gasteiger charge is -2.18. The maximum atomic E-state index is 12.8. The molecule has 0 radical (unpaired) electrons. The van der Waals surface area contributed by atoms with Crippen LogP contribution >= 0.6 is 0 Å². The van der Waals surface area contributed by atoms with Gasteiger partial charge in [-0.1, -0.05) is 18.2 Å². The fourth-order valence-corrected chi connectivity index (χ4v) is 3.53. The Kier molecular flexibility index (Phi) is 4.03. The lowest BCUT2D eigenvalue weighted by Crippen LogP contribution is -2.33. The van der Waals surface area contributed by atoms with Crippen LogP contribution in [0.3, 0.4) is 0 Å². The molecular weight excluding hydrogens is 314 g/mol. The Morgan fingerprint density at radius 3 is 2.96 bits per heavy atom. The molecule has 2 N–H and O–H groups in total. The van der Waals surface area contributed by atoms with Crippen molar-refractivity contribution in [1.82, 2.24) is 25.1 Å². The van der Waals surface area contributed by atoms with Crippen molar-refractivity contribution in [2.24, 2.45) is 5.92 Å². The Morgan fingerprint density at radius 1 is 1.40 bits per heavy atom. The Balaban J connectivity index is 1.55. The number of carbonyl (C=O) groups excluding carboxylic acids is 1. The highest BCUT2D eigenvalue weighted by molar-refractivity contribution is 5.90. The monoisotopic (exact) mass is 337 g/mol. The van der Waals surface area contributed by atoms with Crippen LogP contribution in [0.4, 0.5) is 0 Å². The van der Waals surface area contributed by atoms with Crippen LogP contribution in [0.25, 0.3) is 10.9 Å². The number of hydrogen-bond donors (Lipinski definition) is 2. The fraction of sp³-hybridized carbons (Fsp3) is 0.421. The zero-order chi connectivity index (χ0) is 17.4. The van der Waals surface area contributed by atoms with E-state index in [1.54, 1.807) is 6.33 Å². The number of nitrogens with one attached hydrogen (secondary N) is 2. The average Bonchev–Trinajstić information content (AvgIpc) is 3.26. The van der Waals surface area contributed by atoms with Crippen LogP contribution in [0.2, 0.25) is 0 Å². The number of aromatic nitrogens is 4. The first-order chi connectivity index (χ1) is 12.2. The second kappa shape index (κ2) is 6.35. The maximum absolute atomic E-state index is 12.8. The molecule has 1 fully saturated rings. The van der Waals surface area contributed by atoms with E-state index in [0.717, 1.165) is 47.4 Å². The second-order valence-electron chi connectivity index (χ2n) is 6.77. The summed E-state index contributed by atoms with van der Waals surface area (Å²) in [6, 6.07) is 8.07. The number of amides is 1. The molecule has 25 heavy (non-hydrogen) atoms. The molecule has 0 aliphatic heterocycles. The molecule has 6 nitrogen and oxygen atoms in total. The highest BCUT2D eigenvalue weighted by atomic mass is 16.1. The Labute approximate surface area is 146 Å². The average molecular weight is 337 g/mol. The fourth-order valence-electron chi connectivity index (χ4n) is 3.53. The van der Waals surface area contributed by atoms with E-state index in [-0.39, 0.29) is 11.9 Å². The molecule has 0 saturated heterocycles. The number of benzene rings is 1. The van der Waals surface area contributed by atoms with E-state index in [9.17, 15) is 4.79 Å². The molecule has 1 unspecified atom stereocenters. The molecule has 4 rings (SSSR count). The van der Waals surface area contributed by atoms with Crippen LogP contribution in [-0.2, 0) is 17.8 Å². The number of hydrogen-bond acceptors (Lipinski definition) is 3. The molecule has 1 aliphatic carbocycles. The molecule has 1 atom stereocenters. The SMILES string of the molecule is CCn1ncnc1C(NC(=O)Cc1c(C)[nH]c2ccccc12)C1CC1. The highest BCUT2D eigenvalue weighted by Gasteiger charge is 2.36. The Hall–Kier alpha value is -2.63. The van der Waals surface area contributed by atoms with Crippen molar-refractivity contribution < 1.29 is 4.79 Å². The summed E-state index contributed by atoms with van der Waals surface area (Å²) >= 11 is 0. The van der Waals surface area contributed by atoms with E-state index >= 15 is 0 Å². The van der Waals surface area contributed by atoms with Gasteiger partial charge in [0.25, 0.3) is 0 Å². The van der Waals surface area contributed by atoms with Crippen molar-refractivity contribution in [1.29, 1.82) is 0 Å². The molecule has 3 aromatic rings. The standard InChI is InChI=1S/C19H23N5O/c1-3-24-19(20-11-21-24)18(13-8-9-13)23-17(25)10-15-12(2)22-16-7-5-4-6-14(15)16/h4-7,11,13,18,22H,3,8-10H2,1-2H3,(H,23,25). The van der Waals surface area contributed by atoms with Crippen LogP contribution in [0.15, 0.2) is 30.6 Å². The van der Waals surface area contributed by atoms with Gasteiger partial charge in [-0.15, -0.1) is 0 Å². The van der Waals surface area contributed by atoms with Crippen LogP contribution in [0.1, 0.15) is 42.9 Å². The summed E-state index contributed by atoms with van der Waals surface area (Å²) in [5.41, 5.74) is 3.20. The van der Waals surface area contributed by atoms with Gasteiger partial charge in [0.2, 0.25) is 5.91 Å². The predicted octanol–water partition coefficient (Wildman–Crippen LogP) is 2.90. The van der Waals surface area contributed by atoms with Gasteiger partial charge in [-0.05, 0) is 44.2 Å². The third kappa shape index (κ3) is 3.04. The molecule has 2 heterocycles. The topological polar surface area (TPSA) is 75.6 Å². The Morgan fingerprint density at radius 2 is 2.20 bits per heavy atom. The minimum absolute atomic E-state index is 0.0374. The smallest absolute Gasteiger partial charge is 0.225 e. The summed E-state index contributed by atoms with van der Waals surface area (Å²) in [4.78, 5) is 20.5. The number of aromatic amines is 1. The van der Waals surface area contributed by atoms with E-state index in [1.165, 1.54) is 0 Å². The van der Waals surface area contributed by atoms with E-state index in [2.05, 4.69) is 26.4 Å². The van der Waals surface area contributed by atoms with Gasteiger partial charge in [0.15, 0.2) is 0 Å². The zero-order valence-electron chi connectivity index (χ0n) is 14.6. The number of carbonyl (C=O) groups is 1. The quantitative estimate of drug-likeness (QED) is 0.726. The van der Waals surface area contributed by atoms with Crippen LogP contribution in [0, 0.1) is 12.8 Å². The van der Waals surface area contributed by atoms with Crippen LogP contribution < -0.4 is 5.32 Å². The van der Waals surface area contributed by atoms with Gasteiger partial charge in [0, 0.05) is 23.1 Å². The number of nitrogens with zero attached hydrogens (tertiary/aromatic N) is 3. The molecular formula is C19H23N5O. The molecule has 1 aliphatic rings. The van der Waals surface area contributed by atoms with Gasteiger partial charge >= 0.3 is 0 Å². The van der Waals surface area contributed by atoms with Gasteiger partial charge in [-0.2, -0.15) is 5.10 Å². The summed E-state index contributed by atoms with van der Waals surface area (Å²) in [6.45, 7) is 4.82. The lowest BCUT2D eigenvalue weighted by atomic mass is 10.1. The van der Waals surface area contributed by atoms with Gasteiger partial charge in [-0.3, -0.25) is 4.79 Å². The third-order valence-electron chi connectivity index (χ3n) is 5.00. The van der Waals surface area contributed by atoms with Crippen molar-refractivity contribution in [3.63, 3.8) is 0 Å². The van der Waals surface area contributed by atoms with Crippen LogP contribution in [-0.4, -0.2) is 25.7 Å². The number of H-pyrrole nitrogens is 1. The van der Waals surface area contributed by atoms with E-state index < -0.39 is 0 Å². The first-order valence-corrected chi connectivity index (χ1v) is 8.90. The van der Waals surface area contributed by atoms with Crippen molar-refractivity contribution in [3.05, 3.63) is 47.7 Å². The molecule has 130 valence electrons. The van der Waals surface area contributed by atoms with Crippen LogP contribution in [0.5, 0.6) is 0 Å². The van der Waals surface area contributed by atoms with Crippen molar-refractivity contribution in [2.45, 2.75) is 45.7 Å². The molecule has 0 bridgehead atoms. The van der Waals surface area contributed by atoms with Gasteiger partial charge < -0.3 is 10.3 Å². The maximum Gasteiger partial charge on any atom is 0.225 e.